The SMILES string of the molecule is COc1ccccc1COc1ccc(C2=NCCCN2)cc1. The van der Waals surface area contributed by atoms with Gasteiger partial charge in [-0.05, 0) is 36.8 Å². The summed E-state index contributed by atoms with van der Waals surface area (Å²) in [7, 11) is 1.67. The van der Waals surface area contributed by atoms with Crippen molar-refractivity contribution < 1.29 is 9.47 Å². The Hall–Kier alpha value is -2.49. The van der Waals surface area contributed by atoms with Gasteiger partial charge in [-0.2, -0.15) is 0 Å². The number of rotatable bonds is 5. The Balaban J connectivity index is 1.65. The fraction of sp³-hybridized carbons (Fsp3) is 0.278. The first-order valence-corrected chi connectivity index (χ1v) is 7.50. The number of hydrogen-bond acceptors (Lipinski definition) is 4. The molecule has 0 bridgehead atoms. The lowest BCUT2D eigenvalue weighted by Gasteiger charge is -2.15. The van der Waals surface area contributed by atoms with Gasteiger partial charge in [-0.1, -0.05) is 18.2 Å². The minimum atomic E-state index is 0.489. The monoisotopic (exact) mass is 296 g/mol. The van der Waals surface area contributed by atoms with E-state index in [0.29, 0.717) is 6.61 Å². The zero-order chi connectivity index (χ0) is 15.2. The number of nitrogens with zero attached hydrogens (tertiary/aromatic N) is 1. The molecule has 0 saturated heterocycles. The number of nitrogens with one attached hydrogen (secondary N) is 1. The Morgan fingerprint density at radius 3 is 2.64 bits per heavy atom. The van der Waals surface area contributed by atoms with Crippen LogP contribution in [0.15, 0.2) is 53.5 Å². The first-order valence-electron chi connectivity index (χ1n) is 7.50. The molecule has 0 spiro atoms. The van der Waals surface area contributed by atoms with Crippen LogP contribution in [0.2, 0.25) is 0 Å². The fourth-order valence-corrected chi connectivity index (χ4v) is 2.42. The number of aliphatic imine (C=N–C) groups is 1. The summed E-state index contributed by atoms with van der Waals surface area (Å²) in [5.74, 6) is 2.66. The third kappa shape index (κ3) is 3.39. The van der Waals surface area contributed by atoms with Gasteiger partial charge in [0, 0.05) is 24.2 Å². The van der Waals surface area contributed by atoms with Gasteiger partial charge in [0.1, 0.15) is 23.9 Å². The van der Waals surface area contributed by atoms with Crippen molar-refractivity contribution in [2.75, 3.05) is 20.2 Å². The summed E-state index contributed by atoms with van der Waals surface area (Å²) >= 11 is 0. The van der Waals surface area contributed by atoms with Crippen LogP contribution in [0.5, 0.6) is 11.5 Å². The Bertz CT molecular complexity index is 650. The van der Waals surface area contributed by atoms with E-state index in [2.05, 4.69) is 10.3 Å². The van der Waals surface area contributed by atoms with Crippen LogP contribution in [0.1, 0.15) is 17.5 Å². The van der Waals surface area contributed by atoms with E-state index in [4.69, 9.17) is 9.47 Å². The maximum Gasteiger partial charge on any atom is 0.128 e. The van der Waals surface area contributed by atoms with Crippen molar-refractivity contribution in [3.63, 3.8) is 0 Å². The molecule has 114 valence electrons. The van der Waals surface area contributed by atoms with Gasteiger partial charge in [0.15, 0.2) is 0 Å². The second kappa shape index (κ2) is 6.98. The molecule has 0 aromatic heterocycles. The van der Waals surface area contributed by atoms with E-state index >= 15 is 0 Å². The summed E-state index contributed by atoms with van der Waals surface area (Å²) in [6.45, 7) is 2.38. The first kappa shape index (κ1) is 14.4. The molecule has 0 unspecified atom stereocenters. The van der Waals surface area contributed by atoms with Crippen LogP contribution >= 0.6 is 0 Å². The van der Waals surface area contributed by atoms with Crippen molar-refractivity contribution in [1.82, 2.24) is 5.32 Å². The van der Waals surface area contributed by atoms with Crippen molar-refractivity contribution in [2.24, 2.45) is 4.99 Å². The Labute approximate surface area is 130 Å². The van der Waals surface area contributed by atoms with Gasteiger partial charge < -0.3 is 14.8 Å². The van der Waals surface area contributed by atoms with Gasteiger partial charge in [-0.25, -0.2) is 0 Å². The second-order valence-corrected chi connectivity index (χ2v) is 5.14. The third-order valence-corrected chi connectivity index (χ3v) is 3.61. The highest BCUT2D eigenvalue weighted by atomic mass is 16.5. The van der Waals surface area contributed by atoms with E-state index in [9.17, 15) is 0 Å². The van der Waals surface area contributed by atoms with Gasteiger partial charge in [0.2, 0.25) is 0 Å². The van der Waals surface area contributed by atoms with Crippen LogP contribution in [0, 0.1) is 0 Å². The largest absolute Gasteiger partial charge is 0.496 e. The quantitative estimate of drug-likeness (QED) is 0.922. The van der Waals surface area contributed by atoms with Gasteiger partial charge in [0.05, 0.1) is 7.11 Å². The lowest BCUT2D eigenvalue weighted by atomic mass is 10.1. The molecule has 1 heterocycles. The van der Waals surface area contributed by atoms with Crippen LogP contribution in [-0.4, -0.2) is 26.0 Å². The standard InChI is InChI=1S/C18H20N2O2/c1-21-17-6-3-2-5-15(17)13-22-16-9-7-14(8-10-16)18-19-11-4-12-20-18/h2-3,5-10H,4,11-13H2,1H3,(H,19,20). The average Bonchev–Trinajstić information content (AvgIpc) is 2.61. The summed E-state index contributed by atoms with van der Waals surface area (Å²) < 4.78 is 11.2. The summed E-state index contributed by atoms with van der Waals surface area (Å²) in [4.78, 5) is 4.49. The molecule has 3 rings (SSSR count). The number of para-hydroxylation sites is 1. The summed E-state index contributed by atoms with van der Waals surface area (Å²) in [5.41, 5.74) is 2.14. The van der Waals surface area contributed by atoms with E-state index in [-0.39, 0.29) is 0 Å². The van der Waals surface area contributed by atoms with Gasteiger partial charge in [-0.3, -0.25) is 4.99 Å². The van der Waals surface area contributed by atoms with E-state index < -0.39 is 0 Å². The molecule has 1 aliphatic rings. The molecule has 0 aliphatic carbocycles. The summed E-state index contributed by atoms with van der Waals surface area (Å²) in [6, 6.07) is 15.9. The van der Waals surface area contributed by atoms with Crippen LogP contribution < -0.4 is 14.8 Å². The zero-order valence-electron chi connectivity index (χ0n) is 12.7. The topological polar surface area (TPSA) is 42.9 Å². The predicted molar refractivity (Wildman–Crippen MR) is 87.8 cm³/mol. The number of ether oxygens (including phenoxy) is 2. The summed E-state index contributed by atoms with van der Waals surface area (Å²) in [6.07, 6.45) is 1.10. The molecule has 1 N–H and O–H groups in total. The molecule has 22 heavy (non-hydrogen) atoms. The minimum Gasteiger partial charge on any atom is -0.496 e. The van der Waals surface area contributed by atoms with Crippen molar-refractivity contribution >= 4 is 5.84 Å². The highest BCUT2D eigenvalue weighted by Crippen LogP contribution is 2.20. The number of hydrogen-bond donors (Lipinski definition) is 1. The minimum absolute atomic E-state index is 0.489. The molecule has 1 aliphatic heterocycles. The maximum atomic E-state index is 5.84. The molecule has 0 radical (unpaired) electrons. The van der Waals surface area contributed by atoms with Gasteiger partial charge in [-0.15, -0.1) is 0 Å². The van der Waals surface area contributed by atoms with Crippen molar-refractivity contribution in [1.29, 1.82) is 0 Å². The molecule has 4 nitrogen and oxygen atoms in total. The predicted octanol–water partition coefficient (Wildman–Crippen LogP) is 3.01. The number of methoxy groups -OCH3 is 1. The van der Waals surface area contributed by atoms with E-state index in [1.165, 1.54) is 0 Å². The zero-order valence-corrected chi connectivity index (χ0v) is 12.7. The lowest BCUT2D eigenvalue weighted by Crippen LogP contribution is -2.30. The van der Waals surface area contributed by atoms with E-state index in [0.717, 1.165) is 48.0 Å². The molecule has 0 fully saturated rings. The maximum absolute atomic E-state index is 5.84. The molecule has 0 atom stereocenters. The van der Waals surface area contributed by atoms with E-state index in [1.807, 2.05) is 48.5 Å². The van der Waals surface area contributed by atoms with Crippen LogP contribution in [0.4, 0.5) is 0 Å². The van der Waals surface area contributed by atoms with Gasteiger partial charge in [0.25, 0.3) is 0 Å². The van der Waals surface area contributed by atoms with E-state index in [1.54, 1.807) is 7.11 Å². The van der Waals surface area contributed by atoms with Crippen molar-refractivity contribution in [3.8, 4) is 11.5 Å². The molecule has 4 heteroatoms. The number of amidine groups is 1. The highest BCUT2D eigenvalue weighted by Gasteiger charge is 2.07. The average molecular weight is 296 g/mol. The van der Waals surface area contributed by atoms with Crippen LogP contribution in [0.3, 0.4) is 0 Å². The first-order chi connectivity index (χ1) is 10.9. The fourth-order valence-electron chi connectivity index (χ4n) is 2.42. The molecule has 2 aromatic rings. The Morgan fingerprint density at radius 2 is 1.91 bits per heavy atom. The van der Waals surface area contributed by atoms with Crippen LogP contribution in [0.25, 0.3) is 0 Å². The smallest absolute Gasteiger partial charge is 0.128 e. The molecule has 2 aromatic carbocycles. The molecular formula is C18H20N2O2. The molecule has 0 amide bonds. The Morgan fingerprint density at radius 1 is 1.09 bits per heavy atom. The number of benzene rings is 2. The van der Waals surface area contributed by atoms with Crippen molar-refractivity contribution in [2.45, 2.75) is 13.0 Å². The Kier molecular flexibility index (Phi) is 4.59. The lowest BCUT2D eigenvalue weighted by molar-refractivity contribution is 0.296. The molecular weight excluding hydrogens is 276 g/mol. The highest BCUT2D eigenvalue weighted by molar-refractivity contribution is 5.99. The third-order valence-electron chi connectivity index (χ3n) is 3.61. The van der Waals surface area contributed by atoms with Crippen molar-refractivity contribution in [3.05, 3.63) is 59.7 Å². The molecule has 0 saturated carbocycles. The second-order valence-electron chi connectivity index (χ2n) is 5.14. The normalized spacial score (nSPS) is 14.0. The summed E-state index contributed by atoms with van der Waals surface area (Å²) in [5, 5.41) is 3.32. The van der Waals surface area contributed by atoms with Gasteiger partial charge >= 0.3 is 0 Å². The van der Waals surface area contributed by atoms with Crippen LogP contribution in [-0.2, 0) is 6.61 Å².